The standard InChI is InChI=1S/C24H25N3O4S/c1-26-16-21(20-10-11-25-23(20)24(26)28)19-8-2-3-9-22(19)31-18-7-4-6-17(14-18)15-27-12-5-13-32(27,29)30/h2-4,6-11,14,16,25,29-30H,5,12-13,15H2,1H3. The van der Waals surface area contributed by atoms with E-state index in [1.54, 1.807) is 22.1 Å². The molecule has 0 saturated carbocycles. The molecule has 1 fully saturated rings. The van der Waals surface area contributed by atoms with Crippen molar-refractivity contribution in [3.8, 4) is 22.6 Å². The molecule has 166 valence electrons. The van der Waals surface area contributed by atoms with Gasteiger partial charge in [0.2, 0.25) is 0 Å². The number of nitrogens with one attached hydrogen (secondary N) is 1. The van der Waals surface area contributed by atoms with Gasteiger partial charge in [0.1, 0.15) is 17.0 Å². The highest BCUT2D eigenvalue weighted by Crippen LogP contribution is 2.49. The summed E-state index contributed by atoms with van der Waals surface area (Å²) in [5.41, 5.74) is 3.23. The molecule has 1 saturated heterocycles. The van der Waals surface area contributed by atoms with Gasteiger partial charge in [0.05, 0.1) is 5.75 Å². The minimum absolute atomic E-state index is 0.0762. The van der Waals surface area contributed by atoms with Gasteiger partial charge in [-0.15, -0.1) is 10.8 Å². The molecule has 7 nitrogen and oxygen atoms in total. The summed E-state index contributed by atoms with van der Waals surface area (Å²) in [4.78, 5) is 15.5. The molecule has 2 aromatic carbocycles. The summed E-state index contributed by atoms with van der Waals surface area (Å²) in [6, 6.07) is 17.3. The van der Waals surface area contributed by atoms with E-state index in [0.717, 1.165) is 28.5 Å². The lowest BCUT2D eigenvalue weighted by atomic mass is 10.0. The number of hydrogen-bond donors (Lipinski definition) is 3. The number of pyridine rings is 1. The van der Waals surface area contributed by atoms with E-state index in [9.17, 15) is 13.9 Å². The van der Waals surface area contributed by atoms with Crippen LogP contribution in [0.1, 0.15) is 12.0 Å². The van der Waals surface area contributed by atoms with Crippen LogP contribution in [0.3, 0.4) is 0 Å². The molecule has 1 aliphatic heterocycles. The minimum atomic E-state index is -2.66. The van der Waals surface area contributed by atoms with Gasteiger partial charge in [-0.1, -0.05) is 30.3 Å². The van der Waals surface area contributed by atoms with E-state index in [1.165, 1.54) is 0 Å². The molecule has 3 heterocycles. The third-order valence-electron chi connectivity index (χ3n) is 5.80. The van der Waals surface area contributed by atoms with Crippen LogP contribution in [-0.4, -0.2) is 35.3 Å². The molecule has 0 aliphatic carbocycles. The van der Waals surface area contributed by atoms with Crippen molar-refractivity contribution < 1.29 is 13.8 Å². The van der Waals surface area contributed by atoms with E-state index in [2.05, 4.69) is 4.98 Å². The summed E-state index contributed by atoms with van der Waals surface area (Å²) in [6.45, 7) is 1.14. The first-order valence-electron chi connectivity index (χ1n) is 10.5. The van der Waals surface area contributed by atoms with Gasteiger partial charge in [0.15, 0.2) is 0 Å². The molecule has 2 aromatic heterocycles. The second kappa shape index (κ2) is 8.14. The molecule has 0 unspecified atom stereocenters. The van der Waals surface area contributed by atoms with Crippen LogP contribution < -0.4 is 10.3 Å². The topological polar surface area (TPSA) is 90.7 Å². The molecule has 32 heavy (non-hydrogen) atoms. The summed E-state index contributed by atoms with van der Waals surface area (Å²) in [6.07, 6.45) is 4.39. The number of fused-ring (bicyclic) bond motifs is 1. The molecule has 0 bridgehead atoms. The molecule has 0 radical (unpaired) electrons. The van der Waals surface area contributed by atoms with Gasteiger partial charge in [-0.2, -0.15) is 0 Å². The Labute approximate surface area is 187 Å². The highest BCUT2D eigenvalue weighted by atomic mass is 32.3. The summed E-state index contributed by atoms with van der Waals surface area (Å²) < 4.78 is 30.0. The number of nitrogens with zero attached hydrogens (tertiary/aromatic N) is 2. The molecule has 0 atom stereocenters. The Bertz CT molecular complexity index is 1340. The number of hydrogen-bond acceptors (Lipinski definition) is 5. The highest BCUT2D eigenvalue weighted by Gasteiger charge is 2.28. The van der Waals surface area contributed by atoms with Crippen molar-refractivity contribution in [3.05, 3.63) is 82.9 Å². The van der Waals surface area contributed by atoms with E-state index in [-0.39, 0.29) is 5.56 Å². The fraction of sp³-hybridized carbons (Fsp3) is 0.208. The van der Waals surface area contributed by atoms with Gasteiger partial charge in [0.25, 0.3) is 5.56 Å². The predicted molar refractivity (Wildman–Crippen MR) is 128 cm³/mol. The Morgan fingerprint density at radius 3 is 2.75 bits per heavy atom. The molecule has 5 rings (SSSR count). The van der Waals surface area contributed by atoms with Crippen LogP contribution in [0.5, 0.6) is 11.5 Å². The molecule has 0 spiro atoms. The number of aromatic nitrogens is 2. The predicted octanol–water partition coefficient (Wildman–Crippen LogP) is 5.20. The molecular formula is C24H25N3O4S. The van der Waals surface area contributed by atoms with Crippen LogP contribution in [-0.2, 0) is 13.6 Å². The van der Waals surface area contributed by atoms with Gasteiger partial charge >= 0.3 is 0 Å². The van der Waals surface area contributed by atoms with Crippen LogP contribution in [0.25, 0.3) is 22.0 Å². The van der Waals surface area contributed by atoms with Crippen LogP contribution >= 0.6 is 10.8 Å². The van der Waals surface area contributed by atoms with Gasteiger partial charge in [-0.3, -0.25) is 13.9 Å². The number of rotatable bonds is 5. The monoisotopic (exact) mass is 451 g/mol. The zero-order chi connectivity index (χ0) is 22.3. The van der Waals surface area contributed by atoms with Crippen LogP contribution in [0.2, 0.25) is 0 Å². The van der Waals surface area contributed by atoms with Gasteiger partial charge in [-0.05, 0) is 36.2 Å². The van der Waals surface area contributed by atoms with E-state index >= 15 is 0 Å². The van der Waals surface area contributed by atoms with Crippen molar-refractivity contribution in [1.82, 2.24) is 13.9 Å². The molecule has 4 aromatic rings. The van der Waals surface area contributed by atoms with E-state index in [1.807, 2.05) is 60.8 Å². The van der Waals surface area contributed by atoms with Gasteiger partial charge in [0, 0.05) is 49.0 Å². The number of ether oxygens (including phenoxy) is 1. The van der Waals surface area contributed by atoms with Gasteiger partial charge < -0.3 is 14.3 Å². The van der Waals surface area contributed by atoms with Gasteiger partial charge in [-0.25, -0.2) is 4.31 Å². The number of aromatic amines is 1. The zero-order valence-corrected chi connectivity index (χ0v) is 18.5. The van der Waals surface area contributed by atoms with E-state index in [4.69, 9.17) is 4.74 Å². The van der Waals surface area contributed by atoms with Crippen LogP contribution in [0.15, 0.2) is 71.8 Å². The Kier molecular flexibility index (Phi) is 5.30. The minimum Gasteiger partial charge on any atom is -0.457 e. The number of benzene rings is 2. The Morgan fingerprint density at radius 1 is 1.09 bits per heavy atom. The molecule has 3 N–H and O–H groups in total. The third kappa shape index (κ3) is 3.82. The van der Waals surface area contributed by atoms with Crippen molar-refractivity contribution in [2.24, 2.45) is 7.05 Å². The first-order chi connectivity index (χ1) is 15.4. The van der Waals surface area contributed by atoms with Crippen LogP contribution in [0.4, 0.5) is 0 Å². The lowest BCUT2D eigenvalue weighted by molar-refractivity contribution is 0.373. The smallest absolute Gasteiger partial charge is 0.274 e. The lowest BCUT2D eigenvalue weighted by Gasteiger charge is -2.36. The maximum absolute atomic E-state index is 12.4. The van der Waals surface area contributed by atoms with Crippen molar-refractivity contribution in [2.75, 3.05) is 12.3 Å². The maximum atomic E-state index is 12.4. The highest BCUT2D eigenvalue weighted by molar-refractivity contribution is 8.22. The SMILES string of the molecule is Cn1cc(-c2ccccc2Oc2cccc(CN3CCCS3(O)O)c2)c2cc[nH]c2c1=O. The second-order valence-electron chi connectivity index (χ2n) is 8.02. The number of aryl methyl sites for hydroxylation is 1. The Hall–Kier alpha value is -3.04. The zero-order valence-electron chi connectivity index (χ0n) is 17.7. The number of para-hydroxylation sites is 1. The first kappa shape index (κ1) is 20.8. The quantitative estimate of drug-likeness (QED) is 0.388. The second-order valence-corrected chi connectivity index (χ2v) is 10.2. The fourth-order valence-corrected chi connectivity index (χ4v) is 5.74. The molecule has 1 aliphatic rings. The molecular weight excluding hydrogens is 426 g/mol. The average molecular weight is 452 g/mol. The third-order valence-corrected chi connectivity index (χ3v) is 7.77. The van der Waals surface area contributed by atoms with Crippen molar-refractivity contribution in [3.63, 3.8) is 0 Å². The van der Waals surface area contributed by atoms with E-state index in [0.29, 0.717) is 35.9 Å². The van der Waals surface area contributed by atoms with Crippen molar-refractivity contribution in [2.45, 2.75) is 13.0 Å². The number of H-pyrrole nitrogens is 1. The van der Waals surface area contributed by atoms with Crippen molar-refractivity contribution in [1.29, 1.82) is 0 Å². The summed E-state index contributed by atoms with van der Waals surface area (Å²) in [5, 5.41) is 0.845. The van der Waals surface area contributed by atoms with Crippen LogP contribution in [0, 0.1) is 0 Å². The largest absolute Gasteiger partial charge is 0.457 e. The maximum Gasteiger partial charge on any atom is 0.274 e. The summed E-state index contributed by atoms with van der Waals surface area (Å²) in [5.74, 6) is 1.78. The Balaban J connectivity index is 1.48. The normalized spacial score (nSPS) is 17.0. The first-order valence-corrected chi connectivity index (χ1v) is 12.1. The molecule has 0 amide bonds. The van der Waals surface area contributed by atoms with E-state index < -0.39 is 10.8 Å². The lowest BCUT2D eigenvalue weighted by Crippen LogP contribution is -2.22. The average Bonchev–Trinajstić information content (AvgIpc) is 3.39. The summed E-state index contributed by atoms with van der Waals surface area (Å²) >= 11 is 0. The molecule has 8 heteroatoms. The fourth-order valence-electron chi connectivity index (χ4n) is 4.19. The Morgan fingerprint density at radius 2 is 1.94 bits per heavy atom. The van der Waals surface area contributed by atoms with Crippen molar-refractivity contribution >= 4 is 21.7 Å². The summed E-state index contributed by atoms with van der Waals surface area (Å²) in [7, 11) is -0.923.